The number of halogens is 1. The number of nitrogens with zero attached hydrogens (tertiary/aromatic N) is 2. The molecule has 0 atom stereocenters. The van der Waals surface area contributed by atoms with Gasteiger partial charge in [0.05, 0.1) is 11.9 Å². The van der Waals surface area contributed by atoms with Gasteiger partial charge in [-0.05, 0) is 22.9 Å². The van der Waals surface area contributed by atoms with Crippen LogP contribution in [0.4, 0.5) is 5.69 Å². The number of hydrogen-bond donors (Lipinski definition) is 1. The Balaban J connectivity index is 3.30. The van der Waals surface area contributed by atoms with Gasteiger partial charge in [-0.15, -0.1) is 0 Å². The Morgan fingerprint density at radius 3 is 2.92 bits per heavy atom. The summed E-state index contributed by atoms with van der Waals surface area (Å²) in [6, 6.07) is 0. The molecular weight excluding hydrogens is 222 g/mol. The second-order valence-corrected chi connectivity index (χ2v) is 3.04. The molecule has 0 bridgehead atoms. The van der Waals surface area contributed by atoms with Crippen molar-refractivity contribution in [3.8, 4) is 0 Å². The first kappa shape index (κ1) is 9.25. The molecule has 0 amide bonds. The second kappa shape index (κ2) is 3.71. The lowest BCUT2D eigenvalue weighted by molar-refractivity contribution is 0.613. The van der Waals surface area contributed by atoms with E-state index in [1.807, 2.05) is 6.92 Å². The number of aryl methyl sites for hydroxylation is 1. The van der Waals surface area contributed by atoms with E-state index >= 15 is 0 Å². The Kier molecular flexibility index (Phi) is 2.86. The highest BCUT2D eigenvalue weighted by Gasteiger charge is 2.04. The Bertz CT molecular complexity index is 334. The molecule has 0 aliphatic carbocycles. The third kappa shape index (κ3) is 1.50. The van der Waals surface area contributed by atoms with E-state index in [9.17, 15) is 4.79 Å². The van der Waals surface area contributed by atoms with E-state index in [1.54, 1.807) is 13.2 Å². The Labute approximate surface area is 78.7 Å². The summed E-state index contributed by atoms with van der Waals surface area (Å²) in [6.07, 6.45) is 1.62. The zero-order chi connectivity index (χ0) is 9.14. The molecule has 1 heterocycles. The van der Waals surface area contributed by atoms with E-state index in [0.29, 0.717) is 16.7 Å². The van der Waals surface area contributed by atoms with Crippen molar-refractivity contribution < 1.29 is 0 Å². The van der Waals surface area contributed by atoms with Crippen LogP contribution in [-0.4, -0.2) is 16.8 Å². The molecule has 0 spiro atoms. The number of rotatable bonds is 2. The zero-order valence-electron chi connectivity index (χ0n) is 6.97. The van der Waals surface area contributed by atoms with Crippen LogP contribution >= 0.6 is 15.9 Å². The van der Waals surface area contributed by atoms with E-state index in [1.165, 1.54) is 4.68 Å². The highest BCUT2D eigenvalue weighted by atomic mass is 79.9. The maximum absolute atomic E-state index is 11.4. The minimum atomic E-state index is -0.107. The van der Waals surface area contributed by atoms with Gasteiger partial charge in [-0.2, -0.15) is 5.10 Å². The van der Waals surface area contributed by atoms with Crippen molar-refractivity contribution in [1.29, 1.82) is 0 Å². The lowest BCUT2D eigenvalue weighted by Crippen LogP contribution is -2.23. The van der Waals surface area contributed by atoms with Crippen LogP contribution in [0.3, 0.4) is 0 Å². The average molecular weight is 232 g/mol. The van der Waals surface area contributed by atoms with Crippen LogP contribution in [0.2, 0.25) is 0 Å². The van der Waals surface area contributed by atoms with Crippen LogP contribution in [0.25, 0.3) is 0 Å². The molecule has 0 saturated carbocycles. The molecule has 0 aliphatic rings. The van der Waals surface area contributed by atoms with Gasteiger partial charge in [0.2, 0.25) is 0 Å². The van der Waals surface area contributed by atoms with Crippen LogP contribution in [0.1, 0.15) is 6.92 Å². The number of aromatic nitrogens is 2. The van der Waals surface area contributed by atoms with E-state index in [2.05, 4.69) is 26.3 Å². The van der Waals surface area contributed by atoms with Gasteiger partial charge in [0.1, 0.15) is 4.47 Å². The molecule has 0 fully saturated rings. The second-order valence-electron chi connectivity index (χ2n) is 2.24. The summed E-state index contributed by atoms with van der Waals surface area (Å²) in [5, 5.41) is 6.80. The van der Waals surface area contributed by atoms with Crippen LogP contribution < -0.4 is 10.9 Å². The number of nitrogens with one attached hydrogen (secondary N) is 1. The van der Waals surface area contributed by atoms with Crippen LogP contribution in [0.5, 0.6) is 0 Å². The fourth-order valence-electron chi connectivity index (χ4n) is 0.865. The van der Waals surface area contributed by atoms with Gasteiger partial charge in [0, 0.05) is 13.6 Å². The number of hydrogen-bond acceptors (Lipinski definition) is 3. The standard InChI is InChI=1S/C7H10BrN3O/c1-3-11-7(12)6(8)5(9-2)4-10-11/h4,9H,3H2,1-2H3. The average Bonchev–Trinajstić information content (AvgIpc) is 2.10. The monoisotopic (exact) mass is 231 g/mol. The first-order valence-corrected chi connectivity index (χ1v) is 4.43. The SMILES string of the molecule is CCn1ncc(NC)c(Br)c1=O. The molecule has 4 nitrogen and oxygen atoms in total. The summed E-state index contributed by atoms with van der Waals surface area (Å²) in [7, 11) is 1.75. The first-order valence-electron chi connectivity index (χ1n) is 3.64. The van der Waals surface area contributed by atoms with Crippen molar-refractivity contribution in [3.05, 3.63) is 21.0 Å². The minimum absolute atomic E-state index is 0.107. The lowest BCUT2D eigenvalue weighted by atomic mass is 10.5. The van der Waals surface area contributed by atoms with Gasteiger partial charge in [-0.1, -0.05) is 0 Å². The number of anilines is 1. The van der Waals surface area contributed by atoms with Crippen molar-refractivity contribution in [3.63, 3.8) is 0 Å². The maximum Gasteiger partial charge on any atom is 0.283 e. The summed E-state index contributed by atoms with van der Waals surface area (Å²) >= 11 is 3.20. The highest BCUT2D eigenvalue weighted by Crippen LogP contribution is 2.14. The molecule has 0 radical (unpaired) electrons. The zero-order valence-corrected chi connectivity index (χ0v) is 8.55. The maximum atomic E-state index is 11.4. The molecule has 1 aromatic rings. The molecule has 1 rings (SSSR count). The minimum Gasteiger partial charge on any atom is -0.386 e. The molecular formula is C7H10BrN3O. The highest BCUT2D eigenvalue weighted by molar-refractivity contribution is 9.10. The van der Waals surface area contributed by atoms with Crippen LogP contribution in [0, 0.1) is 0 Å². The predicted octanol–water partition coefficient (Wildman–Crippen LogP) is 1.07. The molecule has 5 heteroatoms. The van der Waals surface area contributed by atoms with Gasteiger partial charge in [-0.3, -0.25) is 4.79 Å². The molecule has 1 aromatic heterocycles. The van der Waals surface area contributed by atoms with E-state index in [0.717, 1.165) is 0 Å². The molecule has 1 N–H and O–H groups in total. The van der Waals surface area contributed by atoms with E-state index in [-0.39, 0.29) is 5.56 Å². The topological polar surface area (TPSA) is 46.9 Å². The Morgan fingerprint density at radius 2 is 2.42 bits per heavy atom. The van der Waals surface area contributed by atoms with Crippen LogP contribution in [-0.2, 0) is 6.54 Å². The fraction of sp³-hybridized carbons (Fsp3) is 0.429. The molecule has 0 unspecified atom stereocenters. The van der Waals surface area contributed by atoms with E-state index < -0.39 is 0 Å². The lowest BCUT2D eigenvalue weighted by Gasteiger charge is -2.04. The van der Waals surface area contributed by atoms with E-state index in [4.69, 9.17) is 0 Å². The summed E-state index contributed by atoms with van der Waals surface area (Å²) in [4.78, 5) is 11.4. The normalized spacial score (nSPS) is 9.92. The summed E-state index contributed by atoms with van der Waals surface area (Å²) < 4.78 is 1.92. The van der Waals surface area contributed by atoms with Crippen molar-refractivity contribution >= 4 is 21.6 Å². The van der Waals surface area contributed by atoms with Crippen LogP contribution in [0.15, 0.2) is 15.5 Å². The molecule has 0 saturated heterocycles. The molecule has 66 valence electrons. The van der Waals surface area contributed by atoms with Crippen molar-refractivity contribution in [2.45, 2.75) is 13.5 Å². The third-order valence-electron chi connectivity index (χ3n) is 1.55. The van der Waals surface area contributed by atoms with Gasteiger partial charge >= 0.3 is 0 Å². The van der Waals surface area contributed by atoms with Crippen molar-refractivity contribution in [2.75, 3.05) is 12.4 Å². The summed E-state index contributed by atoms with van der Waals surface area (Å²) in [6.45, 7) is 2.46. The Morgan fingerprint density at radius 1 is 1.75 bits per heavy atom. The predicted molar refractivity (Wildman–Crippen MR) is 51.4 cm³/mol. The molecule has 0 aromatic carbocycles. The van der Waals surface area contributed by atoms with Gasteiger partial charge < -0.3 is 5.32 Å². The summed E-state index contributed by atoms with van der Waals surface area (Å²) in [5.41, 5.74) is 0.606. The van der Waals surface area contributed by atoms with Gasteiger partial charge in [-0.25, -0.2) is 4.68 Å². The largest absolute Gasteiger partial charge is 0.386 e. The Hall–Kier alpha value is -0.840. The third-order valence-corrected chi connectivity index (χ3v) is 2.32. The fourth-order valence-corrected chi connectivity index (χ4v) is 1.37. The van der Waals surface area contributed by atoms with Gasteiger partial charge in [0.15, 0.2) is 0 Å². The molecule has 12 heavy (non-hydrogen) atoms. The smallest absolute Gasteiger partial charge is 0.283 e. The quantitative estimate of drug-likeness (QED) is 0.829. The van der Waals surface area contributed by atoms with Crippen molar-refractivity contribution in [2.24, 2.45) is 0 Å². The van der Waals surface area contributed by atoms with Gasteiger partial charge in [0.25, 0.3) is 5.56 Å². The summed E-state index contributed by atoms with van der Waals surface area (Å²) in [5.74, 6) is 0. The first-order chi connectivity index (χ1) is 5.70. The van der Waals surface area contributed by atoms with Crippen molar-refractivity contribution in [1.82, 2.24) is 9.78 Å². The molecule has 0 aliphatic heterocycles.